The van der Waals surface area contributed by atoms with E-state index in [2.05, 4.69) is 43.0 Å². The van der Waals surface area contributed by atoms with Crippen LogP contribution in [0, 0.1) is 23.6 Å². The minimum atomic E-state index is -0.228. The number of likely N-dealkylation sites (tertiary alicyclic amines) is 1. The lowest BCUT2D eigenvalue weighted by molar-refractivity contribution is 0.0688. The number of rotatable bonds is 7. The maximum absolute atomic E-state index is 13.7. The number of hydrogen-bond donors (Lipinski definition) is 1. The highest BCUT2D eigenvalue weighted by Gasteiger charge is 2.40. The second-order valence-corrected chi connectivity index (χ2v) is 11.9. The number of anilines is 1. The van der Waals surface area contributed by atoms with E-state index in [1.54, 1.807) is 18.3 Å². The van der Waals surface area contributed by atoms with E-state index in [-0.39, 0.29) is 5.82 Å². The number of fused-ring (bicyclic) bond motifs is 3. The van der Waals surface area contributed by atoms with Crippen LogP contribution in [-0.4, -0.2) is 45.1 Å². The van der Waals surface area contributed by atoms with E-state index < -0.39 is 0 Å². The van der Waals surface area contributed by atoms with Gasteiger partial charge in [0.05, 0.1) is 22.4 Å². The molecule has 7 rings (SSSR count). The van der Waals surface area contributed by atoms with Crippen LogP contribution in [0.25, 0.3) is 22.2 Å². The van der Waals surface area contributed by atoms with E-state index in [0.717, 1.165) is 39.5 Å². The summed E-state index contributed by atoms with van der Waals surface area (Å²) in [5, 5.41) is 4.47. The van der Waals surface area contributed by atoms with Gasteiger partial charge in [0.25, 0.3) is 0 Å². The van der Waals surface area contributed by atoms with Crippen molar-refractivity contribution in [2.24, 2.45) is 17.8 Å². The Morgan fingerprint density at radius 1 is 0.974 bits per heavy atom. The summed E-state index contributed by atoms with van der Waals surface area (Å²) in [6.07, 6.45) is 10.3. The molecular weight excluding hydrogens is 497 g/mol. The fraction of sp³-hybridized carbons (Fsp3) is 0.419. The molecule has 5 nitrogen and oxygen atoms in total. The van der Waals surface area contributed by atoms with Crippen LogP contribution < -0.4 is 5.32 Å². The average Bonchev–Trinajstić information content (AvgIpc) is 3.63. The molecule has 1 saturated heterocycles. The van der Waals surface area contributed by atoms with Crippen LogP contribution in [0.15, 0.2) is 61.1 Å². The van der Waals surface area contributed by atoms with Crippen LogP contribution in [0.5, 0.6) is 0 Å². The Morgan fingerprint density at radius 3 is 2.61 bits per heavy atom. The van der Waals surface area contributed by atoms with Crippen LogP contribution in [0.3, 0.4) is 0 Å². The normalized spacial score (nSPS) is 23.6. The van der Waals surface area contributed by atoms with Crippen molar-refractivity contribution in [3.8, 4) is 11.1 Å². The van der Waals surface area contributed by atoms with Crippen molar-refractivity contribution in [3.63, 3.8) is 0 Å². The Labute approximate surface area is 228 Å². The van der Waals surface area contributed by atoms with Crippen LogP contribution in [-0.2, 0) is 6.54 Å². The van der Waals surface area contributed by atoms with Crippen LogP contribution >= 0.6 is 11.6 Å². The molecule has 3 aliphatic rings. The third-order valence-electron chi connectivity index (χ3n) is 8.71. The van der Waals surface area contributed by atoms with Crippen molar-refractivity contribution >= 4 is 28.5 Å². The largest absolute Gasteiger partial charge is 0.367 e. The Bertz CT molecular complexity index is 1450. The molecule has 3 fully saturated rings. The smallest absolute Gasteiger partial charge is 0.126 e. The first-order valence-electron chi connectivity index (χ1n) is 13.9. The maximum Gasteiger partial charge on any atom is 0.126 e. The van der Waals surface area contributed by atoms with Gasteiger partial charge in [0.15, 0.2) is 0 Å². The molecule has 0 amide bonds. The fourth-order valence-corrected chi connectivity index (χ4v) is 6.89. The third-order valence-corrected chi connectivity index (χ3v) is 9.01. The van der Waals surface area contributed by atoms with Gasteiger partial charge in [0.2, 0.25) is 0 Å². The summed E-state index contributed by atoms with van der Waals surface area (Å²) in [4.78, 5) is 12.0. The summed E-state index contributed by atoms with van der Waals surface area (Å²) in [6, 6.07) is 15.5. The molecule has 1 aliphatic heterocycles. The molecule has 2 aromatic carbocycles. The SMILES string of the molecule is Fc1cccc(Cn2cnc3ccc(-c4cc(NC5C6CCCC5CN(CC5CC5)C6)ncc4Cl)cc32)c1. The van der Waals surface area contributed by atoms with Gasteiger partial charge >= 0.3 is 0 Å². The number of benzene rings is 2. The maximum atomic E-state index is 13.7. The summed E-state index contributed by atoms with van der Waals surface area (Å²) < 4.78 is 15.8. The number of piperidine rings is 1. The quantitative estimate of drug-likeness (QED) is 0.284. The Morgan fingerprint density at radius 2 is 1.82 bits per heavy atom. The van der Waals surface area contributed by atoms with Crippen molar-refractivity contribution in [2.75, 3.05) is 25.0 Å². The number of nitrogens with zero attached hydrogens (tertiary/aromatic N) is 4. The number of pyridine rings is 1. The average molecular weight is 530 g/mol. The first-order chi connectivity index (χ1) is 18.6. The Hall–Kier alpha value is -2.96. The zero-order chi connectivity index (χ0) is 25.6. The first-order valence-corrected chi connectivity index (χ1v) is 14.3. The highest BCUT2D eigenvalue weighted by molar-refractivity contribution is 6.33. The lowest BCUT2D eigenvalue weighted by Gasteiger charge is -2.48. The molecule has 0 spiro atoms. The number of nitrogens with one attached hydrogen (secondary N) is 1. The van der Waals surface area contributed by atoms with Gasteiger partial charge in [-0.2, -0.15) is 0 Å². The van der Waals surface area contributed by atoms with Crippen molar-refractivity contribution in [3.05, 3.63) is 77.5 Å². The van der Waals surface area contributed by atoms with E-state index in [0.29, 0.717) is 29.4 Å². The topological polar surface area (TPSA) is 46.0 Å². The summed E-state index contributed by atoms with van der Waals surface area (Å²) in [7, 11) is 0. The number of imidazole rings is 1. The lowest BCUT2D eigenvalue weighted by Crippen LogP contribution is -2.54. The van der Waals surface area contributed by atoms with Crippen LogP contribution in [0.2, 0.25) is 5.02 Å². The van der Waals surface area contributed by atoms with E-state index >= 15 is 0 Å². The molecule has 2 aliphatic carbocycles. The molecule has 2 atom stereocenters. The molecule has 2 unspecified atom stereocenters. The zero-order valence-corrected chi connectivity index (χ0v) is 22.2. The van der Waals surface area contributed by atoms with Gasteiger partial charge in [-0.05, 0) is 84.9 Å². The number of halogens is 2. The molecule has 7 heteroatoms. The molecule has 38 heavy (non-hydrogen) atoms. The first kappa shape index (κ1) is 24.1. The van der Waals surface area contributed by atoms with Gasteiger partial charge in [0, 0.05) is 44.0 Å². The summed E-state index contributed by atoms with van der Waals surface area (Å²) in [5.74, 6) is 2.97. The molecule has 0 radical (unpaired) electrons. The Balaban J connectivity index is 1.14. The van der Waals surface area contributed by atoms with Gasteiger partial charge in [0.1, 0.15) is 11.6 Å². The van der Waals surface area contributed by atoms with Crippen LogP contribution in [0.1, 0.15) is 37.7 Å². The molecule has 4 aromatic rings. The van der Waals surface area contributed by atoms with Crippen molar-refractivity contribution < 1.29 is 4.39 Å². The summed E-state index contributed by atoms with van der Waals surface area (Å²) in [6.45, 7) is 4.26. The highest BCUT2D eigenvalue weighted by Crippen LogP contribution is 2.40. The molecule has 1 N–H and O–H groups in total. The van der Waals surface area contributed by atoms with Crippen molar-refractivity contribution in [1.82, 2.24) is 19.4 Å². The number of hydrogen-bond acceptors (Lipinski definition) is 4. The number of aromatic nitrogens is 3. The van der Waals surface area contributed by atoms with Gasteiger partial charge in [-0.3, -0.25) is 0 Å². The van der Waals surface area contributed by atoms with Gasteiger partial charge < -0.3 is 14.8 Å². The predicted molar refractivity (Wildman–Crippen MR) is 151 cm³/mol. The standard InChI is InChI=1S/C31H33ClFN5/c32-27-14-34-30(36-31-23-4-2-5-24(31)18-37(17-23)15-20-7-8-20)13-26(27)22-9-10-28-29(12-22)38(19-35-28)16-21-3-1-6-25(33)11-21/h1,3,6,9-14,19-20,23-24,31H,2,4-5,7-8,15-18H2,(H,34,36). The highest BCUT2D eigenvalue weighted by atomic mass is 35.5. The fourth-order valence-electron chi connectivity index (χ4n) is 6.68. The summed E-state index contributed by atoms with van der Waals surface area (Å²) in [5.41, 5.74) is 4.78. The minimum Gasteiger partial charge on any atom is -0.367 e. The van der Waals surface area contributed by atoms with E-state index in [4.69, 9.17) is 11.6 Å². The molecule has 2 aromatic heterocycles. The second kappa shape index (κ2) is 9.97. The van der Waals surface area contributed by atoms with Gasteiger partial charge in [-0.1, -0.05) is 36.2 Å². The van der Waals surface area contributed by atoms with Gasteiger partial charge in [-0.15, -0.1) is 0 Å². The molecule has 196 valence electrons. The minimum absolute atomic E-state index is 0.228. The third kappa shape index (κ3) is 4.92. The molecule has 2 bridgehead atoms. The second-order valence-electron chi connectivity index (χ2n) is 11.5. The van der Waals surface area contributed by atoms with Crippen LogP contribution in [0.4, 0.5) is 10.2 Å². The molecule has 2 saturated carbocycles. The lowest BCUT2D eigenvalue weighted by atomic mass is 9.73. The Kier molecular flexibility index (Phi) is 6.33. The van der Waals surface area contributed by atoms with Gasteiger partial charge in [-0.25, -0.2) is 14.4 Å². The molecular formula is C31H33ClFN5. The van der Waals surface area contributed by atoms with E-state index in [1.165, 1.54) is 57.8 Å². The van der Waals surface area contributed by atoms with E-state index in [1.807, 2.05) is 18.5 Å². The molecule has 3 heterocycles. The zero-order valence-electron chi connectivity index (χ0n) is 21.5. The van der Waals surface area contributed by atoms with Crippen molar-refractivity contribution in [1.29, 1.82) is 0 Å². The van der Waals surface area contributed by atoms with Crippen molar-refractivity contribution in [2.45, 2.75) is 44.7 Å². The predicted octanol–water partition coefficient (Wildman–Crippen LogP) is 6.86. The monoisotopic (exact) mass is 529 g/mol. The van der Waals surface area contributed by atoms with E-state index in [9.17, 15) is 4.39 Å². The summed E-state index contributed by atoms with van der Waals surface area (Å²) >= 11 is 6.69.